The van der Waals surface area contributed by atoms with Crippen LogP contribution >= 0.6 is 35.4 Å². The van der Waals surface area contributed by atoms with Gasteiger partial charge in [0.1, 0.15) is 10.2 Å². The third-order valence-electron chi connectivity index (χ3n) is 4.11. The standard InChI is InChI=1S/C12H16Cl2N4OS/c1-11(6-12(11,13)14)9(19)15-4-5-18-8(7-2-3-7)16-17-10(18)20/h7H,2-6H2,1H3,(H,15,19)(H,17,20)/t11-/m0/s1. The minimum atomic E-state index is -0.928. The number of aromatic amines is 1. The molecule has 1 aromatic rings. The summed E-state index contributed by atoms with van der Waals surface area (Å²) in [7, 11) is 0. The molecule has 2 N–H and O–H groups in total. The van der Waals surface area contributed by atoms with Gasteiger partial charge in [-0.2, -0.15) is 5.10 Å². The molecule has 3 rings (SSSR count). The van der Waals surface area contributed by atoms with Crippen molar-refractivity contribution in [2.24, 2.45) is 5.41 Å². The zero-order chi connectivity index (χ0) is 14.5. The maximum atomic E-state index is 12.0. The van der Waals surface area contributed by atoms with E-state index in [1.807, 2.05) is 4.57 Å². The van der Waals surface area contributed by atoms with Crippen molar-refractivity contribution in [2.45, 2.75) is 43.0 Å². The van der Waals surface area contributed by atoms with Crippen LogP contribution < -0.4 is 5.32 Å². The lowest BCUT2D eigenvalue weighted by Gasteiger charge is -2.13. The third kappa shape index (κ3) is 2.38. The second kappa shape index (κ2) is 4.71. The Morgan fingerprint density at radius 1 is 1.60 bits per heavy atom. The number of nitrogens with one attached hydrogen (secondary N) is 2. The number of carbonyl (C=O) groups excluding carboxylic acids is 1. The molecule has 0 aliphatic heterocycles. The Kier molecular flexibility index (Phi) is 3.38. The molecule has 0 aromatic carbocycles. The summed E-state index contributed by atoms with van der Waals surface area (Å²) >= 11 is 17.2. The fourth-order valence-corrected chi connectivity index (χ4v) is 3.26. The quantitative estimate of drug-likeness (QED) is 0.642. The van der Waals surface area contributed by atoms with Crippen LogP contribution in [-0.4, -0.2) is 31.5 Å². The molecule has 1 atom stereocenters. The molecule has 2 aliphatic carbocycles. The molecule has 0 spiro atoms. The van der Waals surface area contributed by atoms with E-state index < -0.39 is 9.75 Å². The Hall–Kier alpha value is -0.590. The van der Waals surface area contributed by atoms with Gasteiger partial charge < -0.3 is 9.88 Å². The fraction of sp³-hybridized carbons (Fsp3) is 0.750. The normalized spacial score (nSPS) is 27.4. The summed E-state index contributed by atoms with van der Waals surface area (Å²) in [6, 6.07) is 0. The first-order valence-electron chi connectivity index (χ1n) is 6.66. The minimum Gasteiger partial charge on any atom is -0.354 e. The number of alkyl halides is 2. The average Bonchev–Trinajstić information content (AvgIpc) is 3.24. The van der Waals surface area contributed by atoms with E-state index in [9.17, 15) is 4.79 Å². The highest BCUT2D eigenvalue weighted by atomic mass is 35.5. The van der Waals surface area contributed by atoms with Crippen molar-refractivity contribution in [1.82, 2.24) is 20.1 Å². The first-order chi connectivity index (χ1) is 9.35. The minimum absolute atomic E-state index is 0.106. The topological polar surface area (TPSA) is 62.7 Å². The first-order valence-corrected chi connectivity index (χ1v) is 7.83. The molecule has 2 saturated carbocycles. The van der Waals surface area contributed by atoms with Crippen LogP contribution in [0.4, 0.5) is 0 Å². The van der Waals surface area contributed by atoms with E-state index in [-0.39, 0.29) is 5.91 Å². The van der Waals surface area contributed by atoms with Gasteiger partial charge in [-0.3, -0.25) is 9.89 Å². The molecular weight excluding hydrogens is 319 g/mol. The van der Waals surface area contributed by atoms with Crippen LogP contribution in [0.25, 0.3) is 0 Å². The van der Waals surface area contributed by atoms with Gasteiger partial charge in [0.2, 0.25) is 5.91 Å². The van der Waals surface area contributed by atoms with Crippen molar-refractivity contribution in [3.05, 3.63) is 10.6 Å². The van der Waals surface area contributed by atoms with Gasteiger partial charge in [-0.1, -0.05) is 0 Å². The van der Waals surface area contributed by atoms with E-state index in [2.05, 4.69) is 15.5 Å². The molecule has 1 aromatic heterocycles. The number of rotatable bonds is 5. The molecule has 1 heterocycles. The number of hydrogen-bond acceptors (Lipinski definition) is 3. The number of H-pyrrole nitrogens is 1. The van der Waals surface area contributed by atoms with Gasteiger partial charge in [-0.25, -0.2) is 0 Å². The Morgan fingerprint density at radius 3 is 2.80 bits per heavy atom. The van der Waals surface area contributed by atoms with E-state index in [1.54, 1.807) is 6.92 Å². The van der Waals surface area contributed by atoms with E-state index in [4.69, 9.17) is 35.4 Å². The number of amides is 1. The van der Waals surface area contributed by atoms with Crippen molar-refractivity contribution >= 4 is 41.3 Å². The predicted octanol–water partition coefficient (Wildman–Crippen LogP) is 2.52. The number of carbonyl (C=O) groups is 1. The van der Waals surface area contributed by atoms with E-state index in [0.717, 1.165) is 18.7 Å². The molecule has 20 heavy (non-hydrogen) atoms. The van der Waals surface area contributed by atoms with Crippen molar-refractivity contribution in [3.8, 4) is 0 Å². The molecule has 110 valence electrons. The number of hydrogen-bond donors (Lipinski definition) is 2. The number of halogens is 2. The lowest BCUT2D eigenvalue weighted by molar-refractivity contribution is -0.125. The van der Waals surface area contributed by atoms with Crippen LogP contribution in [0.15, 0.2) is 0 Å². The second-order valence-electron chi connectivity index (χ2n) is 5.78. The third-order valence-corrected chi connectivity index (χ3v) is 5.52. The van der Waals surface area contributed by atoms with Gasteiger partial charge in [0.25, 0.3) is 0 Å². The van der Waals surface area contributed by atoms with Crippen molar-refractivity contribution in [3.63, 3.8) is 0 Å². The molecule has 0 saturated heterocycles. The van der Waals surface area contributed by atoms with E-state index in [1.165, 1.54) is 0 Å². The highest BCUT2D eigenvalue weighted by Gasteiger charge is 2.67. The second-order valence-corrected chi connectivity index (χ2v) is 7.65. The zero-order valence-electron chi connectivity index (χ0n) is 11.1. The van der Waals surface area contributed by atoms with E-state index >= 15 is 0 Å². The van der Waals surface area contributed by atoms with Crippen LogP contribution in [0.5, 0.6) is 0 Å². The molecule has 0 radical (unpaired) electrons. The van der Waals surface area contributed by atoms with Gasteiger partial charge in [0, 0.05) is 19.0 Å². The van der Waals surface area contributed by atoms with Crippen molar-refractivity contribution < 1.29 is 4.79 Å². The maximum absolute atomic E-state index is 12.0. The van der Waals surface area contributed by atoms with Crippen LogP contribution in [0, 0.1) is 10.2 Å². The molecule has 5 nitrogen and oxygen atoms in total. The van der Waals surface area contributed by atoms with Crippen LogP contribution in [-0.2, 0) is 11.3 Å². The van der Waals surface area contributed by atoms with E-state index in [0.29, 0.717) is 30.2 Å². The lowest BCUT2D eigenvalue weighted by Crippen LogP contribution is -2.35. The Bertz CT molecular complexity index is 607. The summed E-state index contributed by atoms with van der Waals surface area (Å²) in [4.78, 5) is 12.0. The molecule has 2 fully saturated rings. The van der Waals surface area contributed by atoms with Gasteiger partial charge in [0.15, 0.2) is 4.77 Å². The molecule has 2 aliphatic rings. The summed E-state index contributed by atoms with van der Waals surface area (Å²) in [6.07, 6.45) is 2.81. The van der Waals surface area contributed by atoms with Crippen LogP contribution in [0.3, 0.4) is 0 Å². The Balaban J connectivity index is 1.57. The number of aromatic nitrogens is 3. The summed E-state index contributed by atoms with van der Waals surface area (Å²) in [5.41, 5.74) is -0.673. The Morgan fingerprint density at radius 2 is 2.25 bits per heavy atom. The highest BCUT2D eigenvalue weighted by Crippen LogP contribution is 2.63. The summed E-state index contributed by atoms with van der Waals surface area (Å²) in [5.74, 6) is 1.40. The van der Waals surface area contributed by atoms with Gasteiger partial charge >= 0.3 is 0 Å². The summed E-state index contributed by atoms with van der Waals surface area (Å²) in [5, 5.41) is 9.94. The smallest absolute Gasteiger partial charge is 0.229 e. The first kappa shape index (κ1) is 14.4. The molecule has 1 amide bonds. The molecular formula is C12H16Cl2N4OS. The van der Waals surface area contributed by atoms with Gasteiger partial charge in [-0.15, -0.1) is 23.2 Å². The predicted molar refractivity (Wildman–Crippen MR) is 79.6 cm³/mol. The Labute approximate surface area is 132 Å². The molecule has 0 unspecified atom stereocenters. The fourth-order valence-electron chi connectivity index (χ4n) is 2.32. The largest absolute Gasteiger partial charge is 0.354 e. The lowest BCUT2D eigenvalue weighted by atomic mass is 10.1. The van der Waals surface area contributed by atoms with Gasteiger partial charge in [0.05, 0.1) is 5.41 Å². The van der Waals surface area contributed by atoms with Crippen molar-refractivity contribution in [1.29, 1.82) is 0 Å². The average molecular weight is 335 g/mol. The highest BCUT2D eigenvalue weighted by molar-refractivity contribution is 7.71. The maximum Gasteiger partial charge on any atom is 0.229 e. The van der Waals surface area contributed by atoms with Crippen LogP contribution in [0.2, 0.25) is 0 Å². The molecule has 0 bridgehead atoms. The SMILES string of the molecule is C[C@@]1(C(=O)NCCn2c(C3CC3)n[nH]c2=S)CC1(Cl)Cl. The zero-order valence-corrected chi connectivity index (χ0v) is 13.4. The summed E-state index contributed by atoms with van der Waals surface area (Å²) in [6.45, 7) is 2.88. The molecule has 8 heteroatoms. The number of nitrogens with zero attached hydrogens (tertiary/aromatic N) is 2. The van der Waals surface area contributed by atoms with Crippen molar-refractivity contribution in [2.75, 3.05) is 6.54 Å². The monoisotopic (exact) mass is 334 g/mol. The van der Waals surface area contributed by atoms with Gasteiger partial charge in [-0.05, 0) is 38.4 Å². The van der Waals surface area contributed by atoms with Crippen LogP contribution in [0.1, 0.15) is 37.9 Å². The summed E-state index contributed by atoms with van der Waals surface area (Å²) < 4.78 is 1.63.